The highest BCUT2D eigenvalue weighted by atomic mass is 35.5. The molecule has 0 spiro atoms. The first-order chi connectivity index (χ1) is 18.6. The highest BCUT2D eigenvalue weighted by molar-refractivity contribution is 5.98. The normalized spacial score (nSPS) is 12.0. The molecule has 0 unspecified atom stereocenters. The van der Waals surface area contributed by atoms with E-state index in [0.717, 1.165) is 44.0 Å². The molecule has 0 fully saturated rings. The molecular formula is C30H39ClN2O7. The number of carbonyl (C=O) groups excluding carboxylic acids is 1. The van der Waals surface area contributed by atoms with E-state index in [4.69, 9.17) is 23.7 Å². The molecule has 3 aromatic carbocycles. The molecule has 0 saturated heterocycles. The Bertz CT molecular complexity index is 1230. The minimum absolute atomic E-state index is 0. The van der Waals surface area contributed by atoms with Crippen LogP contribution < -0.4 is 23.7 Å². The fourth-order valence-electron chi connectivity index (χ4n) is 4.61. The summed E-state index contributed by atoms with van der Waals surface area (Å²) in [6, 6.07) is 19.9. The van der Waals surface area contributed by atoms with Gasteiger partial charge in [-0.1, -0.05) is 36.4 Å². The molecule has 0 atom stereocenters. The summed E-state index contributed by atoms with van der Waals surface area (Å²) < 4.78 is 27.4. The first-order valence-corrected chi connectivity index (χ1v) is 12.7. The molecule has 0 aliphatic carbocycles. The monoisotopic (exact) mass is 574 g/mol. The van der Waals surface area contributed by atoms with E-state index in [1.165, 1.54) is 11.1 Å². The minimum atomic E-state index is -0.0628. The first kappa shape index (κ1) is 32.6. The van der Waals surface area contributed by atoms with Crippen molar-refractivity contribution in [3.05, 3.63) is 77.4 Å². The Kier molecular flexibility index (Phi) is 12.9. The van der Waals surface area contributed by atoms with E-state index in [2.05, 4.69) is 35.2 Å². The average molecular weight is 575 g/mol. The van der Waals surface area contributed by atoms with Crippen LogP contribution in [-0.4, -0.2) is 76.0 Å². The van der Waals surface area contributed by atoms with Crippen molar-refractivity contribution in [2.75, 3.05) is 54.8 Å². The van der Waals surface area contributed by atoms with Crippen LogP contribution in [-0.2, 0) is 13.0 Å². The molecule has 0 bridgehead atoms. The largest absolute Gasteiger partial charge is 0.493 e. The lowest BCUT2D eigenvalue weighted by atomic mass is 10.1. The van der Waals surface area contributed by atoms with Gasteiger partial charge in [-0.3, -0.25) is 9.69 Å². The Hall–Kier alpha value is -3.66. The Morgan fingerprint density at radius 2 is 1.45 bits per heavy atom. The maximum Gasteiger partial charge on any atom is 0.260 e. The Labute approximate surface area is 242 Å². The van der Waals surface area contributed by atoms with E-state index < -0.39 is 0 Å². The van der Waals surface area contributed by atoms with Gasteiger partial charge in [0.2, 0.25) is 0 Å². The van der Waals surface area contributed by atoms with Crippen LogP contribution in [0.15, 0.2) is 60.7 Å². The van der Waals surface area contributed by atoms with Crippen LogP contribution in [0.3, 0.4) is 0 Å². The van der Waals surface area contributed by atoms with Gasteiger partial charge in [0.1, 0.15) is 5.75 Å². The van der Waals surface area contributed by atoms with Crippen LogP contribution in [0.2, 0.25) is 0 Å². The number of fused-ring (bicyclic) bond motifs is 1. The zero-order chi connectivity index (χ0) is 26.9. The van der Waals surface area contributed by atoms with Gasteiger partial charge in [0.25, 0.3) is 5.91 Å². The number of amides is 1. The van der Waals surface area contributed by atoms with E-state index in [9.17, 15) is 4.79 Å². The SMILES string of the molecule is COc1ccc(CCN(CCCN2COc3cc(OC)c(OC)cc3C2=O)Cc2ccccc2)cc1OC.Cl.O. The van der Waals surface area contributed by atoms with Gasteiger partial charge in [-0.25, -0.2) is 0 Å². The van der Waals surface area contributed by atoms with Crippen LogP contribution in [0.4, 0.5) is 0 Å². The molecule has 1 aliphatic heterocycles. The molecule has 3 aromatic rings. The number of rotatable bonds is 13. The summed E-state index contributed by atoms with van der Waals surface area (Å²) in [5, 5.41) is 0. The molecular weight excluding hydrogens is 536 g/mol. The van der Waals surface area contributed by atoms with Gasteiger partial charge in [-0.05, 0) is 36.1 Å². The van der Waals surface area contributed by atoms with Crippen molar-refractivity contribution < 1.29 is 34.0 Å². The van der Waals surface area contributed by atoms with Crippen molar-refractivity contribution in [2.45, 2.75) is 19.4 Å². The second-order valence-electron chi connectivity index (χ2n) is 9.10. The fourth-order valence-corrected chi connectivity index (χ4v) is 4.61. The Morgan fingerprint density at radius 3 is 2.12 bits per heavy atom. The minimum Gasteiger partial charge on any atom is -0.493 e. The highest BCUT2D eigenvalue weighted by Gasteiger charge is 2.27. The van der Waals surface area contributed by atoms with Gasteiger partial charge in [0.15, 0.2) is 29.7 Å². The topological polar surface area (TPSA) is 101 Å². The number of methoxy groups -OCH3 is 4. The second kappa shape index (κ2) is 15.8. The second-order valence-corrected chi connectivity index (χ2v) is 9.10. The lowest BCUT2D eigenvalue weighted by Crippen LogP contribution is -2.40. The third-order valence-corrected chi connectivity index (χ3v) is 6.70. The number of nitrogens with zero attached hydrogens (tertiary/aromatic N) is 2. The lowest BCUT2D eigenvalue weighted by molar-refractivity contribution is 0.0507. The molecule has 40 heavy (non-hydrogen) atoms. The molecule has 2 N–H and O–H groups in total. The van der Waals surface area contributed by atoms with E-state index in [-0.39, 0.29) is 30.5 Å². The first-order valence-electron chi connectivity index (χ1n) is 12.7. The van der Waals surface area contributed by atoms with Crippen molar-refractivity contribution in [3.63, 3.8) is 0 Å². The molecule has 0 radical (unpaired) electrons. The van der Waals surface area contributed by atoms with E-state index in [1.807, 2.05) is 18.2 Å². The molecule has 0 aromatic heterocycles. The number of ether oxygens (including phenoxy) is 5. The molecule has 4 rings (SSSR count). The lowest BCUT2D eigenvalue weighted by Gasteiger charge is -2.30. The molecule has 1 aliphatic rings. The van der Waals surface area contributed by atoms with Crippen molar-refractivity contribution in [1.82, 2.24) is 9.80 Å². The van der Waals surface area contributed by atoms with E-state index >= 15 is 0 Å². The summed E-state index contributed by atoms with van der Waals surface area (Å²) in [6.45, 7) is 3.34. The zero-order valence-electron chi connectivity index (χ0n) is 23.5. The number of hydrogen-bond donors (Lipinski definition) is 0. The van der Waals surface area contributed by atoms with Crippen molar-refractivity contribution in [3.8, 4) is 28.7 Å². The highest BCUT2D eigenvalue weighted by Crippen LogP contribution is 2.37. The molecule has 218 valence electrons. The van der Waals surface area contributed by atoms with Crippen LogP contribution in [0.1, 0.15) is 27.9 Å². The van der Waals surface area contributed by atoms with Crippen molar-refractivity contribution in [2.24, 2.45) is 0 Å². The van der Waals surface area contributed by atoms with Gasteiger partial charge in [0, 0.05) is 38.3 Å². The van der Waals surface area contributed by atoms with Crippen molar-refractivity contribution >= 4 is 18.3 Å². The van der Waals surface area contributed by atoms with Crippen molar-refractivity contribution in [1.29, 1.82) is 0 Å². The number of carbonyl (C=O) groups is 1. The summed E-state index contributed by atoms with van der Waals surface area (Å²) in [6.07, 6.45) is 1.68. The summed E-state index contributed by atoms with van der Waals surface area (Å²) in [4.78, 5) is 17.3. The molecule has 1 amide bonds. The molecule has 0 saturated carbocycles. The standard InChI is InChI=1S/C30H36N2O6.ClH.H2O/c1-34-25-12-11-22(17-27(25)35-2)13-16-31(20-23-9-6-5-7-10-23)14-8-15-32-21-38-26-19-29(37-4)28(36-3)18-24(26)30(32)33;;/h5-7,9-12,17-19H,8,13-16,20-21H2,1-4H3;1H;1H2. The summed E-state index contributed by atoms with van der Waals surface area (Å²) in [5.74, 6) is 2.96. The molecule has 1 heterocycles. The Morgan fingerprint density at radius 1 is 0.800 bits per heavy atom. The molecule has 10 heteroatoms. The van der Waals surface area contributed by atoms with E-state index in [1.54, 1.807) is 45.5 Å². The third-order valence-electron chi connectivity index (χ3n) is 6.70. The van der Waals surface area contributed by atoms with Gasteiger partial charge >= 0.3 is 0 Å². The zero-order valence-corrected chi connectivity index (χ0v) is 24.3. The van der Waals surface area contributed by atoms with Crippen LogP contribution in [0.25, 0.3) is 0 Å². The van der Waals surface area contributed by atoms with Gasteiger partial charge in [0.05, 0.1) is 34.0 Å². The number of hydrogen-bond acceptors (Lipinski definition) is 7. The summed E-state index contributed by atoms with van der Waals surface area (Å²) in [5.41, 5.74) is 2.93. The average Bonchev–Trinajstić information content (AvgIpc) is 2.96. The van der Waals surface area contributed by atoms with Crippen LogP contribution in [0, 0.1) is 0 Å². The predicted molar refractivity (Wildman–Crippen MR) is 157 cm³/mol. The summed E-state index contributed by atoms with van der Waals surface area (Å²) >= 11 is 0. The smallest absolute Gasteiger partial charge is 0.260 e. The van der Waals surface area contributed by atoms with Crippen LogP contribution >= 0.6 is 12.4 Å². The predicted octanol–water partition coefficient (Wildman–Crippen LogP) is 4.25. The van der Waals surface area contributed by atoms with Crippen LogP contribution in [0.5, 0.6) is 28.7 Å². The third kappa shape index (κ3) is 7.94. The van der Waals surface area contributed by atoms with Gasteiger partial charge < -0.3 is 34.1 Å². The number of benzene rings is 3. The maximum atomic E-state index is 13.2. The fraction of sp³-hybridized carbons (Fsp3) is 0.367. The van der Waals surface area contributed by atoms with E-state index in [0.29, 0.717) is 29.4 Å². The van der Waals surface area contributed by atoms with Gasteiger partial charge in [-0.15, -0.1) is 12.4 Å². The van der Waals surface area contributed by atoms with Gasteiger partial charge in [-0.2, -0.15) is 0 Å². The quantitative estimate of drug-likeness (QED) is 0.301. The Balaban J connectivity index is 0.00000280. The molecule has 9 nitrogen and oxygen atoms in total. The summed E-state index contributed by atoms with van der Waals surface area (Å²) in [7, 11) is 6.41. The number of halogens is 1. The maximum absolute atomic E-state index is 13.2.